The van der Waals surface area contributed by atoms with Crippen molar-refractivity contribution in [3.05, 3.63) is 59.4 Å². The molecule has 1 aliphatic heterocycles. The highest BCUT2D eigenvalue weighted by molar-refractivity contribution is 7.89. The summed E-state index contributed by atoms with van der Waals surface area (Å²) in [5, 5.41) is 0.632. The molecule has 1 aliphatic rings. The number of esters is 1. The van der Waals surface area contributed by atoms with E-state index in [1.165, 1.54) is 16.4 Å². The van der Waals surface area contributed by atoms with Crippen molar-refractivity contribution in [2.75, 3.05) is 26.3 Å². The van der Waals surface area contributed by atoms with Crippen LogP contribution >= 0.6 is 11.6 Å². The number of carbonyl (C=O) groups excluding carboxylic acids is 1. The second-order valence-corrected chi connectivity index (χ2v) is 9.33. The topological polar surface area (TPSA) is 72.9 Å². The lowest BCUT2D eigenvalue weighted by atomic mass is 9.98. The molecular weight excluding hydrogens is 433 g/mol. The van der Waals surface area contributed by atoms with E-state index in [1.54, 1.807) is 24.3 Å². The van der Waals surface area contributed by atoms with E-state index >= 15 is 0 Å². The zero-order chi connectivity index (χ0) is 21.6. The standard InChI is InChI=1S/C21H23ClFNO5S/c22-17-2-6-19(7-3-17)28-14-1-15-29-21(25)16-10-12-24(13-11-16)30(26,27)20-8-4-18(23)5-9-20/h2-9,16H,1,10-15H2. The molecule has 1 fully saturated rings. The van der Waals surface area contributed by atoms with Gasteiger partial charge in [-0.05, 0) is 61.4 Å². The normalized spacial score (nSPS) is 15.7. The number of hydrogen-bond acceptors (Lipinski definition) is 5. The van der Waals surface area contributed by atoms with Crippen LogP contribution in [0.1, 0.15) is 19.3 Å². The van der Waals surface area contributed by atoms with Crippen LogP contribution in [0.2, 0.25) is 5.02 Å². The predicted molar refractivity (Wildman–Crippen MR) is 110 cm³/mol. The molecule has 0 saturated carbocycles. The maximum Gasteiger partial charge on any atom is 0.309 e. The van der Waals surface area contributed by atoms with Crippen LogP contribution in [0.5, 0.6) is 5.75 Å². The van der Waals surface area contributed by atoms with Gasteiger partial charge in [0, 0.05) is 24.5 Å². The van der Waals surface area contributed by atoms with Crippen molar-refractivity contribution in [2.24, 2.45) is 5.92 Å². The number of benzene rings is 2. The van der Waals surface area contributed by atoms with Crippen molar-refractivity contribution < 1.29 is 27.1 Å². The molecule has 1 saturated heterocycles. The van der Waals surface area contributed by atoms with Crippen LogP contribution in [0.4, 0.5) is 4.39 Å². The average Bonchev–Trinajstić information content (AvgIpc) is 2.75. The third kappa shape index (κ3) is 5.93. The first-order valence-electron chi connectivity index (χ1n) is 9.67. The Labute approximate surface area is 180 Å². The van der Waals surface area contributed by atoms with Gasteiger partial charge in [0.15, 0.2) is 0 Å². The van der Waals surface area contributed by atoms with E-state index < -0.39 is 15.8 Å². The van der Waals surface area contributed by atoms with Crippen LogP contribution in [-0.2, 0) is 19.6 Å². The zero-order valence-electron chi connectivity index (χ0n) is 16.3. The highest BCUT2D eigenvalue weighted by Gasteiger charge is 2.32. The Kier molecular flexibility index (Phi) is 7.69. The van der Waals surface area contributed by atoms with Gasteiger partial charge in [0.1, 0.15) is 11.6 Å². The van der Waals surface area contributed by atoms with E-state index in [0.29, 0.717) is 36.6 Å². The average molecular weight is 456 g/mol. The minimum absolute atomic E-state index is 0.0469. The van der Waals surface area contributed by atoms with Crippen LogP contribution < -0.4 is 4.74 Å². The van der Waals surface area contributed by atoms with Gasteiger partial charge in [0.05, 0.1) is 24.0 Å². The molecular formula is C21H23ClFNO5S. The lowest BCUT2D eigenvalue weighted by Gasteiger charge is -2.30. The van der Waals surface area contributed by atoms with Crippen molar-refractivity contribution >= 4 is 27.6 Å². The lowest BCUT2D eigenvalue weighted by Crippen LogP contribution is -2.40. The second kappa shape index (κ2) is 10.2. The molecule has 30 heavy (non-hydrogen) atoms. The summed E-state index contributed by atoms with van der Waals surface area (Å²) in [7, 11) is -3.69. The van der Waals surface area contributed by atoms with Gasteiger partial charge in [-0.3, -0.25) is 4.79 Å². The number of halogens is 2. The number of sulfonamides is 1. The Morgan fingerprint density at radius 3 is 2.30 bits per heavy atom. The van der Waals surface area contributed by atoms with Gasteiger partial charge < -0.3 is 9.47 Å². The molecule has 0 aliphatic carbocycles. The van der Waals surface area contributed by atoms with Crippen molar-refractivity contribution in [3.8, 4) is 5.75 Å². The second-order valence-electron chi connectivity index (χ2n) is 6.96. The summed E-state index contributed by atoms with van der Waals surface area (Å²) < 4.78 is 50.5. The van der Waals surface area contributed by atoms with Crippen LogP contribution in [0.15, 0.2) is 53.4 Å². The Morgan fingerprint density at radius 2 is 1.67 bits per heavy atom. The third-order valence-corrected chi connectivity index (χ3v) is 7.02. The smallest absolute Gasteiger partial charge is 0.309 e. The molecule has 162 valence electrons. The maximum atomic E-state index is 13.0. The van der Waals surface area contributed by atoms with Crippen molar-refractivity contribution in [1.29, 1.82) is 0 Å². The molecule has 9 heteroatoms. The first-order valence-corrected chi connectivity index (χ1v) is 11.5. The fraction of sp³-hybridized carbons (Fsp3) is 0.381. The van der Waals surface area contributed by atoms with E-state index in [1.807, 2.05) is 0 Å². The van der Waals surface area contributed by atoms with Crippen LogP contribution in [0.3, 0.4) is 0 Å². The van der Waals surface area contributed by atoms with E-state index in [0.717, 1.165) is 12.1 Å². The number of hydrogen-bond donors (Lipinski definition) is 0. The summed E-state index contributed by atoms with van der Waals surface area (Å²) in [6.07, 6.45) is 1.33. The fourth-order valence-corrected chi connectivity index (χ4v) is 4.75. The van der Waals surface area contributed by atoms with Crippen molar-refractivity contribution in [2.45, 2.75) is 24.2 Å². The third-order valence-electron chi connectivity index (χ3n) is 4.85. The fourth-order valence-electron chi connectivity index (χ4n) is 3.16. The van der Waals surface area contributed by atoms with Gasteiger partial charge in [-0.1, -0.05) is 11.6 Å². The van der Waals surface area contributed by atoms with E-state index in [2.05, 4.69) is 0 Å². The highest BCUT2D eigenvalue weighted by Crippen LogP contribution is 2.25. The zero-order valence-corrected chi connectivity index (χ0v) is 17.9. The van der Waals surface area contributed by atoms with Gasteiger partial charge in [0.2, 0.25) is 10.0 Å². The highest BCUT2D eigenvalue weighted by atomic mass is 35.5. The van der Waals surface area contributed by atoms with Gasteiger partial charge in [-0.2, -0.15) is 4.31 Å². The first kappa shape index (κ1) is 22.5. The van der Waals surface area contributed by atoms with Crippen LogP contribution in [0, 0.1) is 11.7 Å². The monoisotopic (exact) mass is 455 g/mol. The Morgan fingerprint density at radius 1 is 1.03 bits per heavy atom. The predicted octanol–water partition coefficient (Wildman–Crippen LogP) is 3.89. The van der Waals surface area contributed by atoms with E-state index in [4.69, 9.17) is 21.1 Å². The number of nitrogens with zero attached hydrogens (tertiary/aromatic N) is 1. The molecule has 2 aromatic rings. The molecule has 0 unspecified atom stereocenters. The van der Waals surface area contributed by atoms with Crippen molar-refractivity contribution in [3.63, 3.8) is 0 Å². The molecule has 0 atom stereocenters. The minimum atomic E-state index is -3.69. The summed E-state index contributed by atoms with van der Waals surface area (Å²) in [5.41, 5.74) is 0. The molecule has 0 bridgehead atoms. The van der Waals surface area contributed by atoms with Crippen LogP contribution in [-0.4, -0.2) is 45.0 Å². The van der Waals surface area contributed by atoms with Crippen molar-refractivity contribution in [1.82, 2.24) is 4.31 Å². The largest absolute Gasteiger partial charge is 0.493 e. The Hall–Kier alpha value is -2.16. The number of piperidine rings is 1. The number of carbonyl (C=O) groups is 1. The molecule has 2 aromatic carbocycles. The van der Waals surface area contributed by atoms with Gasteiger partial charge in [-0.15, -0.1) is 0 Å². The molecule has 0 aromatic heterocycles. The molecule has 3 rings (SSSR count). The molecule has 0 spiro atoms. The quantitative estimate of drug-likeness (QED) is 0.446. The van der Waals surface area contributed by atoms with Crippen LogP contribution in [0.25, 0.3) is 0 Å². The molecule has 0 N–H and O–H groups in total. The SMILES string of the molecule is O=C(OCCCOc1ccc(Cl)cc1)C1CCN(S(=O)(=O)c2ccc(F)cc2)CC1. The summed E-state index contributed by atoms with van der Waals surface area (Å²) in [4.78, 5) is 12.3. The maximum absolute atomic E-state index is 13.0. The summed E-state index contributed by atoms with van der Waals surface area (Å²) in [5.74, 6) is -0.448. The number of ether oxygens (including phenoxy) is 2. The summed E-state index contributed by atoms with van der Waals surface area (Å²) >= 11 is 5.81. The minimum Gasteiger partial charge on any atom is -0.493 e. The van der Waals surface area contributed by atoms with Gasteiger partial charge >= 0.3 is 5.97 Å². The summed E-state index contributed by atoms with van der Waals surface area (Å²) in [6.45, 7) is 1.09. The summed E-state index contributed by atoms with van der Waals surface area (Å²) in [6, 6.07) is 11.7. The molecule has 6 nitrogen and oxygen atoms in total. The molecule has 0 amide bonds. The Balaban J connectivity index is 1.38. The number of rotatable bonds is 8. The molecule has 0 radical (unpaired) electrons. The van der Waals surface area contributed by atoms with Gasteiger partial charge in [0.25, 0.3) is 0 Å². The Bertz CT molecular complexity index is 942. The lowest BCUT2D eigenvalue weighted by molar-refractivity contribution is -0.150. The molecule has 1 heterocycles. The van der Waals surface area contributed by atoms with E-state index in [9.17, 15) is 17.6 Å². The van der Waals surface area contributed by atoms with E-state index in [-0.39, 0.29) is 36.5 Å². The first-order chi connectivity index (χ1) is 14.4. The van der Waals surface area contributed by atoms with Gasteiger partial charge in [-0.25, -0.2) is 12.8 Å².